The summed E-state index contributed by atoms with van der Waals surface area (Å²) in [4.78, 5) is 11.2. The van der Waals surface area contributed by atoms with Gasteiger partial charge in [-0.3, -0.25) is 4.79 Å². The molecule has 0 saturated carbocycles. The van der Waals surface area contributed by atoms with Gasteiger partial charge in [-0.2, -0.15) is 11.8 Å². The van der Waals surface area contributed by atoms with Crippen molar-refractivity contribution >= 4 is 17.7 Å². The zero-order chi connectivity index (χ0) is 10.3. The number of carbonyl (C=O) groups is 1. The summed E-state index contributed by atoms with van der Waals surface area (Å²) in [5, 5.41) is 3.17. The molecule has 0 aromatic rings. The Kier molecular flexibility index (Phi) is 7.09. The molecule has 3 nitrogen and oxygen atoms in total. The van der Waals surface area contributed by atoms with Gasteiger partial charge in [0, 0.05) is 11.8 Å². The second kappa shape index (κ2) is 7.21. The van der Waals surface area contributed by atoms with Crippen LogP contribution in [0.2, 0.25) is 0 Å². The van der Waals surface area contributed by atoms with Crippen molar-refractivity contribution in [2.24, 2.45) is 0 Å². The molecule has 0 aromatic heterocycles. The summed E-state index contributed by atoms with van der Waals surface area (Å²) in [6, 6.07) is 0.136. The summed E-state index contributed by atoms with van der Waals surface area (Å²) >= 11 is 1.76. The van der Waals surface area contributed by atoms with Crippen LogP contribution in [0.3, 0.4) is 0 Å². The number of ether oxygens (including phenoxy) is 1. The molecule has 0 saturated heterocycles. The molecule has 0 radical (unpaired) electrons. The lowest BCUT2D eigenvalue weighted by Gasteiger charge is -2.17. The van der Waals surface area contributed by atoms with Gasteiger partial charge in [0.15, 0.2) is 0 Å². The molecule has 0 heterocycles. The molecule has 0 fully saturated rings. The summed E-state index contributed by atoms with van der Waals surface area (Å²) in [6.45, 7) is 6.15. The maximum absolute atomic E-state index is 11.2. The fourth-order valence-corrected chi connectivity index (χ4v) is 1.66. The summed E-state index contributed by atoms with van der Waals surface area (Å²) in [7, 11) is 0. The molecule has 1 N–H and O–H groups in total. The van der Waals surface area contributed by atoms with E-state index in [2.05, 4.69) is 12.2 Å². The summed E-state index contributed by atoms with van der Waals surface area (Å²) in [5.41, 5.74) is 0. The van der Waals surface area contributed by atoms with Gasteiger partial charge in [0.1, 0.15) is 6.04 Å². The third-order valence-corrected chi connectivity index (χ3v) is 2.42. The SMILES string of the molecule is CCOC(=O)C(C)NC(C)CSC. The van der Waals surface area contributed by atoms with Gasteiger partial charge in [-0.1, -0.05) is 0 Å². The number of esters is 1. The van der Waals surface area contributed by atoms with Gasteiger partial charge in [0.25, 0.3) is 0 Å². The number of hydrogen-bond donors (Lipinski definition) is 1. The smallest absolute Gasteiger partial charge is 0.322 e. The second-order valence-corrected chi connectivity index (χ2v) is 3.91. The molecule has 78 valence electrons. The van der Waals surface area contributed by atoms with Crippen LogP contribution in [-0.2, 0) is 9.53 Å². The highest BCUT2D eigenvalue weighted by Gasteiger charge is 2.15. The van der Waals surface area contributed by atoms with Crippen molar-refractivity contribution < 1.29 is 9.53 Å². The van der Waals surface area contributed by atoms with Crippen LogP contribution in [-0.4, -0.2) is 36.7 Å². The molecule has 0 aliphatic heterocycles. The minimum Gasteiger partial charge on any atom is -0.465 e. The number of carbonyl (C=O) groups excluding carboxylic acids is 1. The molecule has 0 bridgehead atoms. The first-order valence-electron chi connectivity index (χ1n) is 4.53. The molecular formula is C9H19NO2S. The third kappa shape index (κ3) is 5.93. The average Bonchev–Trinajstić information content (AvgIpc) is 2.05. The molecular weight excluding hydrogens is 186 g/mol. The van der Waals surface area contributed by atoms with Crippen LogP contribution in [0.5, 0.6) is 0 Å². The molecule has 0 aliphatic rings. The number of rotatable bonds is 6. The van der Waals surface area contributed by atoms with Crippen molar-refractivity contribution in [2.75, 3.05) is 18.6 Å². The summed E-state index contributed by atoms with van der Waals surface area (Å²) in [6.07, 6.45) is 2.05. The van der Waals surface area contributed by atoms with Crippen LogP contribution in [0.15, 0.2) is 0 Å². The molecule has 2 unspecified atom stereocenters. The Labute approximate surface area is 84.6 Å². The van der Waals surface area contributed by atoms with Gasteiger partial charge in [-0.05, 0) is 27.0 Å². The molecule has 0 aliphatic carbocycles. The van der Waals surface area contributed by atoms with Crippen molar-refractivity contribution in [3.05, 3.63) is 0 Å². The topological polar surface area (TPSA) is 38.3 Å². The minimum absolute atomic E-state index is 0.171. The third-order valence-electron chi connectivity index (χ3n) is 1.59. The fraction of sp³-hybridized carbons (Fsp3) is 0.889. The van der Waals surface area contributed by atoms with Gasteiger partial charge in [-0.25, -0.2) is 0 Å². The first kappa shape index (κ1) is 12.8. The zero-order valence-electron chi connectivity index (χ0n) is 8.79. The Morgan fingerprint density at radius 1 is 1.54 bits per heavy atom. The zero-order valence-corrected chi connectivity index (χ0v) is 9.61. The van der Waals surface area contributed by atoms with Gasteiger partial charge in [0.05, 0.1) is 6.61 Å². The van der Waals surface area contributed by atoms with Crippen molar-refractivity contribution in [1.29, 1.82) is 0 Å². The van der Waals surface area contributed by atoms with E-state index in [1.54, 1.807) is 11.8 Å². The van der Waals surface area contributed by atoms with Crippen molar-refractivity contribution in [3.63, 3.8) is 0 Å². The predicted molar refractivity (Wildman–Crippen MR) is 57.1 cm³/mol. The second-order valence-electron chi connectivity index (χ2n) is 3.00. The lowest BCUT2D eigenvalue weighted by atomic mass is 10.3. The van der Waals surface area contributed by atoms with Crippen LogP contribution in [0.25, 0.3) is 0 Å². The number of nitrogens with one attached hydrogen (secondary N) is 1. The highest BCUT2D eigenvalue weighted by molar-refractivity contribution is 7.98. The lowest BCUT2D eigenvalue weighted by Crippen LogP contribution is -2.41. The summed E-state index contributed by atoms with van der Waals surface area (Å²) in [5.74, 6) is 0.833. The largest absolute Gasteiger partial charge is 0.465 e. The molecule has 13 heavy (non-hydrogen) atoms. The van der Waals surface area contributed by atoms with Crippen molar-refractivity contribution in [1.82, 2.24) is 5.32 Å². The summed E-state index contributed by atoms with van der Waals surface area (Å²) < 4.78 is 4.87. The number of thioether (sulfide) groups is 1. The van der Waals surface area contributed by atoms with E-state index in [0.717, 1.165) is 5.75 Å². The molecule has 4 heteroatoms. The highest BCUT2D eigenvalue weighted by atomic mass is 32.2. The van der Waals surface area contributed by atoms with E-state index < -0.39 is 0 Å². The Morgan fingerprint density at radius 2 is 2.15 bits per heavy atom. The molecule has 0 aromatic carbocycles. The Morgan fingerprint density at radius 3 is 2.62 bits per heavy atom. The van der Waals surface area contributed by atoms with E-state index in [9.17, 15) is 4.79 Å². The van der Waals surface area contributed by atoms with E-state index in [-0.39, 0.29) is 12.0 Å². The first-order valence-corrected chi connectivity index (χ1v) is 5.92. The van der Waals surface area contributed by atoms with Gasteiger partial charge >= 0.3 is 5.97 Å². The predicted octanol–water partition coefficient (Wildman–Crippen LogP) is 1.28. The standard InChI is InChI=1S/C9H19NO2S/c1-5-12-9(11)8(3)10-7(2)6-13-4/h7-8,10H,5-6H2,1-4H3. The Hall–Kier alpha value is -0.220. The van der Waals surface area contributed by atoms with Crippen LogP contribution in [0, 0.1) is 0 Å². The average molecular weight is 205 g/mol. The van der Waals surface area contributed by atoms with Gasteiger partial charge in [-0.15, -0.1) is 0 Å². The van der Waals surface area contributed by atoms with Gasteiger partial charge in [0.2, 0.25) is 0 Å². The molecule has 2 atom stereocenters. The van der Waals surface area contributed by atoms with E-state index in [1.807, 2.05) is 20.1 Å². The van der Waals surface area contributed by atoms with Gasteiger partial charge < -0.3 is 10.1 Å². The van der Waals surface area contributed by atoms with E-state index >= 15 is 0 Å². The Bertz CT molecular complexity index is 153. The lowest BCUT2D eigenvalue weighted by molar-refractivity contribution is -0.145. The minimum atomic E-state index is -0.206. The van der Waals surface area contributed by atoms with E-state index in [0.29, 0.717) is 12.6 Å². The maximum atomic E-state index is 11.2. The Balaban J connectivity index is 3.71. The number of hydrogen-bond acceptors (Lipinski definition) is 4. The molecule has 0 rings (SSSR count). The first-order chi connectivity index (χ1) is 6.11. The molecule has 0 spiro atoms. The fourth-order valence-electron chi connectivity index (χ4n) is 1.06. The van der Waals surface area contributed by atoms with Crippen molar-refractivity contribution in [2.45, 2.75) is 32.9 Å². The highest BCUT2D eigenvalue weighted by Crippen LogP contribution is 1.98. The monoisotopic (exact) mass is 205 g/mol. The quantitative estimate of drug-likeness (QED) is 0.663. The maximum Gasteiger partial charge on any atom is 0.322 e. The van der Waals surface area contributed by atoms with Crippen LogP contribution in [0.1, 0.15) is 20.8 Å². The van der Waals surface area contributed by atoms with E-state index in [1.165, 1.54) is 0 Å². The van der Waals surface area contributed by atoms with Crippen LogP contribution in [0.4, 0.5) is 0 Å². The van der Waals surface area contributed by atoms with Crippen LogP contribution >= 0.6 is 11.8 Å². The van der Waals surface area contributed by atoms with Crippen LogP contribution < -0.4 is 5.32 Å². The van der Waals surface area contributed by atoms with E-state index in [4.69, 9.17) is 4.74 Å². The van der Waals surface area contributed by atoms with Crippen molar-refractivity contribution in [3.8, 4) is 0 Å². The normalized spacial score (nSPS) is 15.1. The molecule has 0 amide bonds.